The third kappa shape index (κ3) is 3.66. The van der Waals surface area contributed by atoms with E-state index in [1.807, 2.05) is 0 Å². The number of nitro benzene ring substituents is 1. The van der Waals surface area contributed by atoms with Crippen LogP contribution in [0.15, 0.2) is 38.4 Å². The minimum atomic E-state index is -0.682. The number of hydrogen-bond donors (Lipinski definition) is 2. The summed E-state index contributed by atoms with van der Waals surface area (Å²) in [6, 6.07) is 6.54. The smallest absolute Gasteiger partial charge is 0.297 e. The van der Waals surface area contributed by atoms with Crippen molar-refractivity contribution in [1.29, 1.82) is 0 Å². The van der Waals surface area contributed by atoms with Crippen LogP contribution in [0.2, 0.25) is 0 Å². The number of nitrogens with two attached hydrogens (primary N) is 1. The molecule has 3 N–H and O–H groups in total. The van der Waals surface area contributed by atoms with Gasteiger partial charge in [-0.05, 0) is 47.9 Å². The van der Waals surface area contributed by atoms with Crippen molar-refractivity contribution in [3.05, 3.63) is 57.0 Å². The monoisotopic (exact) mass is 370 g/mol. The quantitative estimate of drug-likeness (QED) is 0.392. The standard InChI is InChI=1S/C16H14N6O5/c1-8-6-12(22(24)25)9(2)5-11(8)13-4-3-10(26-13)7-18-19-16(23)14-15(17)21-27-20-14/h3-7H,1-2H3,(H2,17,21)(H,19,23)/b18-7-. The number of furan rings is 1. The van der Waals surface area contributed by atoms with Gasteiger partial charge in [0.1, 0.15) is 11.5 Å². The zero-order chi connectivity index (χ0) is 19.6. The predicted octanol–water partition coefficient (Wildman–Crippen LogP) is 2.20. The molecule has 0 aliphatic rings. The van der Waals surface area contributed by atoms with Gasteiger partial charge in [-0.3, -0.25) is 14.9 Å². The first kappa shape index (κ1) is 17.8. The van der Waals surface area contributed by atoms with Crippen LogP contribution in [0.5, 0.6) is 0 Å². The van der Waals surface area contributed by atoms with Crippen LogP contribution >= 0.6 is 0 Å². The molecule has 27 heavy (non-hydrogen) atoms. The Labute approximate surface area is 152 Å². The number of amides is 1. The Bertz CT molecular complexity index is 1050. The summed E-state index contributed by atoms with van der Waals surface area (Å²) in [5.74, 6) is 0.0563. The van der Waals surface area contributed by atoms with Crippen molar-refractivity contribution >= 4 is 23.6 Å². The normalized spacial score (nSPS) is 11.0. The maximum Gasteiger partial charge on any atom is 0.297 e. The minimum absolute atomic E-state index is 0.0499. The van der Waals surface area contributed by atoms with E-state index in [9.17, 15) is 14.9 Å². The molecule has 0 fully saturated rings. The van der Waals surface area contributed by atoms with Crippen LogP contribution in [0.1, 0.15) is 27.4 Å². The van der Waals surface area contributed by atoms with Gasteiger partial charge in [0.15, 0.2) is 0 Å². The van der Waals surface area contributed by atoms with E-state index in [4.69, 9.17) is 10.2 Å². The molecule has 1 aromatic carbocycles. The van der Waals surface area contributed by atoms with Crippen molar-refractivity contribution in [3.63, 3.8) is 0 Å². The first-order valence-corrected chi connectivity index (χ1v) is 7.64. The second-order valence-corrected chi connectivity index (χ2v) is 5.61. The number of aryl methyl sites for hydroxylation is 2. The van der Waals surface area contributed by atoms with Gasteiger partial charge in [-0.1, -0.05) is 0 Å². The van der Waals surface area contributed by atoms with E-state index >= 15 is 0 Å². The van der Waals surface area contributed by atoms with Crippen LogP contribution in [0.3, 0.4) is 0 Å². The molecule has 1 amide bonds. The maximum atomic E-state index is 11.8. The third-order valence-electron chi connectivity index (χ3n) is 3.72. The highest BCUT2D eigenvalue weighted by molar-refractivity contribution is 5.96. The number of aromatic nitrogens is 2. The van der Waals surface area contributed by atoms with Gasteiger partial charge in [0, 0.05) is 17.2 Å². The fraction of sp³-hybridized carbons (Fsp3) is 0.125. The summed E-state index contributed by atoms with van der Waals surface area (Å²) >= 11 is 0. The first-order valence-electron chi connectivity index (χ1n) is 7.64. The molecule has 0 saturated heterocycles. The zero-order valence-corrected chi connectivity index (χ0v) is 14.3. The van der Waals surface area contributed by atoms with Crippen LogP contribution in [-0.4, -0.2) is 27.4 Å². The van der Waals surface area contributed by atoms with E-state index in [1.165, 1.54) is 12.3 Å². The SMILES string of the molecule is Cc1cc([N+](=O)[O-])c(C)cc1-c1ccc(/C=N\NC(=O)c2nonc2N)o1. The maximum absolute atomic E-state index is 11.8. The van der Waals surface area contributed by atoms with Crippen molar-refractivity contribution in [2.75, 3.05) is 5.73 Å². The van der Waals surface area contributed by atoms with Gasteiger partial charge in [0.05, 0.1) is 11.1 Å². The molecule has 0 saturated carbocycles. The lowest BCUT2D eigenvalue weighted by molar-refractivity contribution is -0.385. The summed E-state index contributed by atoms with van der Waals surface area (Å²) in [5, 5.41) is 21.4. The highest BCUT2D eigenvalue weighted by Crippen LogP contribution is 2.30. The molecule has 3 rings (SSSR count). The number of rotatable bonds is 5. The lowest BCUT2D eigenvalue weighted by Crippen LogP contribution is -2.19. The highest BCUT2D eigenvalue weighted by atomic mass is 16.6. The fourth-order valence-electron chi connectivity index (χ4n) is 2.39. The molecule has 0 bridgehead atoms. The number of nitrogen functional groups attached to an aromatic ring is 1. The van der Waals surface area contributed by atoms with E-state index in [2.05, 4.69) is 25.5 Å². The van der Waals surface area contributed by atoms with Crippen LogP contribution in [0, 0.1) is 24.0 Å². The zero-order valence-electron chi connectivity index (χ0n) is 14.3. The average Bonchev–Trinajstić information content (AvgIpc) is 3.25. The molecule has 0 unspecified atom stereocenters. The molecule has 0 atom stereocenters. The van der Waals surface area contributed by atoms with Gasteiger partial charge in [0.2, 0.25) is 11.5 Å². The number of carbonyl (C=O) groups excluding carboxylic acids is 1. The van der Waals surface area contributed by atoms with Gasteiger partial charge >= 0.3 is 0 Å². The van der Waals surface area contributed by atoms with Crippen LogP contribution in [0.25, 0.3) is 11.3 Å². The van der Waals surface area contributed by atoms with Crippen molar-refractivity contribution < 1.29 is 18.8 Å². The summed E-state index contributed by atoms with van der Waals surface area (Å²) in [5.41, 5.74) is 9.45. The lowest BCUT2D eigenvalue weighted by atomic mass is 10.0. The minimum Gasteiger partial charge on any atom is -0.455 e. The molecule has 11 heteroatoms. The number of nitrogens with one attached hydrogen (secondary N) is 1. The van der Waals surface area contributed by atoms with Crippen molar-refractivity contribution in [2.24, 2.45) is 5.10 Å². The van der Waals surface area contributed by atoms with Gasteiger partial charge in [-0.25, -0.2) is 10.1 Å². The average molecular weight is 370 g/mol. The van der Waals surface area contributed by atoms with Gasteiger partial charge in [0.25, 0.3) is 11.6 Å². The third-order valence-corrected chi connectivity index (χ3v) is 3.72. The molecule has 138 valence electrons. The molecular weight excluding hydrogens is 356 g/mol. The number of hydrogen-bond acceptors (Lipinski definition) is 9. The summed E-state index contributed by atoms with van der Waals surface area (Å²) in [6.07, 6.45) is 1.29. The second kappa shape index (κ2) is 7.07. The molecule has 0 spiro atoms. The predicted molar refractivity (Wildman–Crippen MR) is 94.0 cm³/mol. The first-order chi connectivity index (χ1) is 12.9. The Hall–Kier alpha value is -4.02. The fourth-order valence-corrected chi connectivity index (χ4v) is 2.39. The topological polar surface area (TPSA) is 163 Å². The molecule has 2 aromatic heterocycles. The Balaban J connectivity index is 1.75. The van der Waals surface area contributed by atoms with Crippen LogP contribution in [-0.2, 0) is 0 Å². The van der Waals surface area contributed by atoms with E-state index in [0.29, 0.717) is 22.6 Å². The summed E-state index contributed by atoms with van der Waals surface area (Å²) < 4.78 is 9.99. The molecule has 0 radical (unpaired) electrons. The molecule has 0 aliphatic carbocycles. The van der Waals surface area contributed by atoms with Gasteiger partial charge < -0.3 is 10.2 Å². The van der Waals surface area contributed by atoms with E-state index in [0.717, 1.165) is 5.56 Å². The molecule has 0 aliphatic heterocycles. The number of hydrazone groups is 1. The molecule has 3 aromatic rings. The van der Waals surface area contributed by atoms with Crippen LogP contribution < -0.4 is 11.2 Å². The summed E-state index contributed by atoms with van der Waals surface area (Å²) in [6.45, 7) is 3.42. The number of benzene rings is 1. The highest BCUT2D eigenvalue weighted by Gasteiger charge is 2.17. The van der Waals surface area contributed by atoms with E-state index in [1.54, 1.807) is 32.0 Å². The number of anilines is 1. The Morgan fingerprint density at radius 1 is 1.30 bits per heavy atom. The van der Waals surface area contributed by atoms with E-state index in [-0.39, 0.29) is 17.2 Å². The lowest BCUT2D eigenvalue weighted by Gasteiger charge is -2.05. The van der Waals surface area contributed by atoms with Crippen molar-refractivity contribution in [2.45, 2.75) is 13.8 Å². The number of nitro groups is 1. The summed E-state index contributed by atoms with van der Waals surface area (Å²) in [4.78, 5) is 22.3. The number of nitrogens with zero attached hydrogens (tertiary/aromatic N) is 4. The van der Waals surface area contributed by atoms with Crippen LogP contribution in [0.4, 0.5) is 11.5 Å². The Morgan fingerprint density at radius 2 is 2.07 bits per heavy atom. The largest absolute Gasteiger partial charge is 0.455 e. The van der Waals surface area contributed by atoms with E-state index < -0.39 is 10.8 Å². The molecular formula is C16H14N6O5. The van der Waals surface area contributed by atoms with Gasteiger partial charge in [-0.15, -0.1) is 0 Å². The second-order valence-electron chi connectivity index (χ2n) is 5.61. The van der Waals surface area contributed by atoms with Gasteiger partial charge in [-0.2, -0.15) is 5.10 Å². The Kier molecular flexibility index (Phi) is 4.66. The summed E-state index contributed by atoms with van der Waals surface area (Å²) in [7, 11) is 0. The number of carbonyl (C=O) groups is 1. The van der Waals surface area contributed by atoms with Crippen molar-refractivity contribution in [1.82, 2.24) is 15.7 Å². The molecule has 2 heterocycles. The molecule has 11 nitrogen and oxygen atoms in total. The Morgan fingerprint density at radius 3 is 2.74 bits per heavy atom. The van der Waals surface area contributed by atoms with Crippen molar-refractivity contribution in [3.8, 4) is 11.3 Å².